The summed E-state index contributed by atoms with van der Waals surface area (Å²) in [5.74, 6) is 1.75. The Labute approximate surface area is 281 Å². The molecule has 0 amide bonds. The average molecular weight is 738 g/mol. The van der Waals surface area contributed by atoms with E-state index in [2.05, 4.69) is 110 Å². The number of nitrogens with one attached hydrogen (secondary N) is 3. The lowest BCUT2D eigenvalue weighted by Crippen LogP contribution is -2.18. The summed E-state index contributed by atoms with van der Waals surface area (Å²) in [5, 5.41) is 10.5. The molecule has 244 valence electrons. The Morgan fingerprint density at radius 1 is 0.841 bits per heavy atom. The molecule has 11 heteroatoms. The van der Waals surface area contributed by atoms with Crippen LogP contribution in [-0.2, 0) is 12.8 Å². The highest BCUT2D eigenvalue weighted by atomic mass is 79.9. The molecule has 0 spiro atoms. The number of ether oxygens (including phenoxy) is 2. The molecule has 0 radical (unpaired) electrons. The molecule has 0 aliphatic rings. The van der Waals surface area contributed by atoms with Crippen molar-refractivity contribution in [1.82, 2.24) is 20.4 Å². The molecular formula is C33H51Br2N7O2. The maximum absolute atomic E-state index is 7.56. The van der Waals surface area contributed by atoms with Crippen LogP contribution in [0, 0.1) is 5.53 Å². The van der Waals surface area contributed by atoms with Crippen molar-refractivity contribution >= 4 is 31.9 Å². The highest BCUT2D eigenvalue weighted by Crippen LogP contribution is 2.27. The molecule has 0 bridgehead atoms. The summed E-state index contributed by atoms with van der Waals surface area (Å²) in [7, 11) is 8.27. The lowest BCUT2D eigenvalue weighted by molar-refractivity contribution is 0.280. The third-order valence-electron chi connectivity index (χ3n) is 6.82. The summed E-state index contributed by atoms with van der Waals surface area (Å²) >= 11 is 7.27. The second-order valence-electron chi connectivity index (χ2n) is 11.2. The van der Waals surface area contributed by atoms with Gasteiger partial charge >= 0.3 is 0 Å². The van der Waals surface area contributed by atoms with Crippen LogP contribution in [0.25, 0.3) is 0 Å². The van der Waals surface area contributed by atoms with Gasteiger partial charge in [-0.05, 0) is 140 Å². The van der Waals surface area contributed by atoms with Crippen molar-refractivity contribution in [3.63, 3.8) is 0 Å². The molecule has 0 heterocycles. The number of halogens is 2. The molecule has 0 aliphatic heterocycles. The van der Waals surface area contributed by atoms with Crippen molar-refractivity contribution in [3.05, 3.63) is 80.3 Å². The molecule has 0 unspecified atom stereocenters. The van der Waals surface area contributed by atoms with Crippen molar-refractivity contribution in [3.8, 4) is 11.5 Å². The normalized spacial score (nSPS) is 12.1. The van der Waals surface area contributed by atoms with Crippen LogP contribution in [0.4, 0.5) is 0 Å². The lowest BCUT2D eigenvalue weighted by atomic mass is 10.1. The van der Waals surface area contributed by atoms with Crippen LogP contribution < -0.4 is 25.8 Å². The second kappa shape index (κ2) is 22.0. The Morgan fingerprint density at radius 2 is 1.39 bits per heavy atom. The lowest BCUT2D eigenvalue weighted by Gasteiger charge is -2.13. The summed E-state index contributed by atoms with van der Waals surface area (Å²) < 4.78 is 13.7. The Morgan fingerprint density at radius 3 is 1.86 bits per heavy atom. The van der Waals surface area contributed by atoms with Crippen molar-refractivity contribution < 1.29 is 9.47 Å². The van der Waals surface area contributed by atoms with Crippen LogP contribution in [0.1, 0.15) is 43.2 Å². The smallest absolute Gasteiger partial charge is 0.133 e. The zero-order valence-corrected chi connectivity index (χ0v) is 30.0. The number of hydrogen-bond donors (Lipinski definition) is 4. The third kappa shape index (κ3) is 15.9. The first-order chi connectivity index (χ1) is 21.2. The van der Waals surface area contributed by atoms with Crippen molar-refractivity contribution in [2.45, 2.75) is 44.9 Å². The number of nitrogens with zero attached hydrogens (tertiary/aromatic N) is 3. The third-order valence-corrected chi connectivity index (χ3v) is 8.06. The predicted octanol–water partition coefficient (Wildman–Crippen LogP) is 6.68. The molecule has 5 N–H and O–H groups in total. The van der Waals surface area contributed by atoms with E-state index in [1.807, 2.05) is 18.3 Å². The summed E-state index contributed by atoms with van der Waals surface area (Å²) in [6.07, 6.45) is 9.53. The topological polar surface area (TPSA) is 111 Å². The standard InChI is InChI=1S/C33H51Br2N7O2/c1-41(2)18-6-20-43-32-12-10-26(22-30(32)34)14-16-38-25-29(40-37)9-5-8-28(24-36)39-17-15-27-11-13-33(31(35)23-27)44-21-7-19-42(3)4/h10-13,22-25,37-39H,5-9,14-21,36H2,1-4H3/b28-24-,29-25-,40-37?. The largest absolute Gasteiger partial charge is 0.492 e. The van der Waals surface area contributed by atoms with Gasteiger partial charge in [0.1, 0.15) is 11.5 Å². The van der Waals surface area contributed by atoms with Gasteiger partial charge in [0.05, 0.1) is 27.9 Å². The fourth-order valence-corrected chi connectivity index (χ4v) is 5.47. The second-order valence-corrected chi connectivity index (χ2v) is 12.9. The Hall–Kier alpha value is -2.60. The number of rotatable bonds is 23. The van der Waals surface area contributed by atoms with Gasteiger partial charge in [0.2, 0.25) is 0 Å². The number of nitrogens with two attached hydrogens (primary N) is 1. The quantitative estimate of drug-likeness (QED) is 0.0745. The van der Waals surface area contributed by atoms with E-state index in [0.717, 1.165) is 96.5 Å². The van der Waals surface area contributed by atoms with Gasteiger partial charge in [0.15, 0.2) is 0 Å². The molecular weight excluding hydrogens is 686 g/mol. The van der Waals surface area contributed by atoms with Crippen molar-refractivity contribution in [2.24, 2.45) is 10.8 Å². The Kier molecular flexibility index (Phi) is 18.8. The fourth-order valence-electron chi connectivity index (χ4n) is 4.38. The summed E-state index contributed by atoms with van der Waals surface area (Å²) in [5.41, 5.74) is 17.6. The van der Waals surface area contributed by atoms with Crippen LogP contribution >= 0.6 is 31.9 Å². The summed E-state index contributed by atoms with van der Waals surface area (Å²) in [4.78, 5) is 4.31. The van der Waals surface area contributed by atoms with E-state index in [0.29, 0.717) is 19.6 Å². The van der Waals surface area contributed by atoms with Crippen LogP contribution in [0.3, 0.4) is 0 Å². The maximum atomic E-state index is 7.56. The van der Waals surface area contributed by atoms with Crippen LogP contribution in [-0.4, -0.2) is 77.4 Å². The Balaban J connectivity index is 1.66. The van der Waals surface area contributed by atoms with Gasteiger partial charge < -0.3 is 35.6 Å². The first kappa shape index (κ1) is 37.6. The molecule has 0 aliphatic carbocycles. The first-order valence-electron chi connectivity index (χ1n) is 15.3. The zero-order valence-electron chi connectivity index (χ0n) is 26.8. The summed E-state index contributed by atoms with van der Waals surface area (Å²) in [6, 6.07) is 12.5. The van der Waals surface area contributed by atoms with Gasteiger partial charge in [0, 0.05) is 44.3 Å². The molecule has 9 nitrogen and oxygen atoms in total. The van der Waals surface area contributed by atoms with Crippen LogP contribution in [0.5, 0.6) is 11.5 Å². The highest BCUT2D eigenvalue weighted by molar-refractivity contribution is 9.10. The first-order valence-corrected chi connectivity index (χ1v) is 16.9. The van der Waals surface area contributed by atoms with Crippen molar-refractivity contribution in [2.75, 3.05) is 67.6 Å². The maximum Gasteiger partial charge on any atom is 0.133 e. The molecule has 2 rings (SSSR count). The number of hydrogen-bond acceptors (Lipinski definition) is 9. The van der Waals surface area contributed by atoms with E-state index >= 15 is 0 Å². The Bertz CT molecular complexity index is 1190. The zero-order chi connectivity index (χ0) is 32.2. The van der Waals surface area contributed by atoms with Gasteiger partial charge in [-0.3, -0.25) is 0 Å². The molecule has 2 aromatic rings. The molecule has 2 aromatic carbocycles. The van der Waals surface area contributed by atoms with Crippen LogP contribution in [0.15, 0.2) is 74.3 Å². The van der Waals surface area contributed by atoms with E-state index in [1.165, 1.54) is 11.1 Å². The van der Waals surface area contributed by atoms with E-state index in [1.54, 1.807) is 6.20 Å². The van der Waals surface area contributed by atoms with E-state index in [-0.39, 0.29) is 0 Å². The van der Waals surface area contributed by atoms with E-state index in [9.17, 15) is 0 Å². The molecule has 44 heavy (non-hydrogen) atoms. The van der Waals surface area contributed by atoms with Gasteiger partial charge in [-0.25, -0.2) is 5.53 Å². The minimum Gasteiger partial charge on any atom is -0.492 e. The van der Waals surface area contributed by atoms with Crippen LogP contribution in [0.2, 0.25) is 0 Å². The summed E-state index contributed by atoms with van der Waals surface area (Å²) in [6.45, 7) is 4.94. The van der Waals surface area contributed by atoms with E-state index in [4.69, 9.17) is 20.7 Å². The predicted molar refractivity (Wildman–Crippen MR) is 188 cm³/mol. The average Bonchev–Trinajstić information content (AvgIpc) is 2.99. The molecule has 0 saturated heterocycles. The highest BCUT2D eigenvalue weighted by Gasteiger charge is 2.06. The minimum absolute atomic E-state index is 0.696. The molecule has 0 saturated carbocycles. The SMILES string of the molecule is CN(C)CCCOc1ccc(CCN/C=C(/CCC/C(=C/N)NCCc2ccc(OCCCN(C)C)c(Br)c2)N=N)cc1Br. The monoisotopic (exact) mass is 735 g/mol. The van der Waals surface area contributed by atoms with Crippen molar-refractivity contribution in [1.29, 1.82) is 5.53 Å². The molecule has 0 atom stereocenters. The number of allylic oxidation sites excluding steroid dienone is 2. The molecule has 0 aromatic heterocycles. The van der Waals surface area contributed by atoms with Gasteiger partial charge in [-0.15, -0.1) is 0 Å². The number of benzene rings is 2. The molecule has 0 fully saturated rings. The van der Waals surface area contributed by atoms with Gasteiger partial charge in [-0.1, -0.05) is 12.1 Å². The van der Waals surface area contributed by atoms with Gasteiger partial charge in [0.25, 0.3) is 0 Å². The minimum atomic E-state index is 0.696. The van der Waals surface area contributed by atoms with Gasteiger partial charge in [-0.2, -0.15) is 5.11 Å². The van der Waals surface area contributed by atoms with E-state index < -0.39 is 0 Å². The fraction of sp³-hybridized carbons (Fsp3) is 0.515.